The topological polar surface area (TPSA) is 67.9 Å². The Bertz CT molecular complexity index is 1100. The average molecular weight is 550 g/mol. The quantitative estimate of drug-likeness (QED) is 0.316. The number of benzene rings is 2. The number of aryl methyl sites for hydroxylation is 1. The van der Waals surface area contributed by atoms with Crippen LogP contribution in [0.2, 0.25) is 0 Å². The summed E-state index contributed by atoms with van der Waals surface area (Å²) in [6.07, 6.45) is 3.68. The summed E-state index contributed by atoms with van der Waals surface area (Å²) in [5.74, 6) is 0.491. The first-order valence-corrected chi connectivity index (χ1v) is 12.5. The summed E-state index contributed by atoms with van der Waals surface area (Å²) >= 11 is 10.2. The maximum atomic E-state index is 12.7. The number of unbranched alkanes of at least 4 members (excludes halogenated alkanes) is 1. The highest BCUT2D eigenvalue weighted by Crippen LogP contribution is 2.39. The van der Waals surface area contributed by atoms with Crippen molar-refractivity contribution in [3.05, 3.63) is 56.9 Å². The van der Waals surface area contributed by atoms with E-state index in [2.05, 4.69) is 28.2 Å². The third kappa shape index (κ3) is 6.37. The number of anilines is 1. The van der Waals surface area contributed by atoms with E-state index in [-0.39, 0.29) is 18.4 Å². The first-order chi connectivity index (χ1) is 15.8. The van der Waals surface area contributed by atoms with Crippen molar-refractivity contribution in [3.63, 3.8) is 0 Å². The number of thioether (sulfide) groups is 1. The van der Waals surface area contributed by atoms with Crippen LogP contribution in [0.15, 0.2) is 45.8 Å². The Balaban J connectivity index is 1.73. The van der Waals surface area contributed by atoms with Gasteiger partial charge in [-0.1, -0.05) is 55.5 Å². The second-order valence-corrected chi connectivity index (χ2v) is 9.90. The van der Waals surface area contributed by atoms with E-state index in [0.29, 0.717) is 31.7 Å². The molecule has 0 aromatic heterocycles. The summed E-state index contributed by atoms with van der Waals surface area (Å²) in [5.41, 5.74) is 2.46. The largest absolute Gasteiger partial charge is 0.493 e. The molecule has 1 fully saturated rings. The normalized spacial score (nSPS) is 14.7. The molecule has 0 atom stereocenters. The number of carbonyl (C=O) groups is 2. The zero-order valence-electron chi connectivity index (χ0n) is 18.6. The van der Waals surface area contributed by atoms with Crippen molar-refractivity contribution in [1.82, 2.24) is 4.90 Å². The van der Waals surface area contributed by atoms with Gasteiger partial charge < -0.3 is 14.8 Å². The number of carbonyl (C=O) groups excluding carboxylic acids is 2. The van der Waals surface area contributed by atoms with Crippen LogP contribution < -0.4 is 14.8 Å². The molecule has 2 aromatic rings. The van der Waals surface area contributed by atoms with Crippen LogP contribution in [0, 0.1) is 6.92 Å². The van der Waals surface area contributed by atoms with Gasteiger partial charge in [-0.2, -0.15) is 0 Å². The molecule has 2 aromatic carbocycles. The van der Waals surface area contributed by atoms with Gasteiger partial charge in [-0.15, -0.1) is 0 Å². The maximum Gasteiger partial charge on any atom is 0.266 e. The molecular formula is C24H25BrN2O4S2. The van der Waals surface area contributed by atoms with Gasteiger partial charge in [-0.05, 0) is 64.7 Å². The van der Waals surface area contributed by atoms with Gasteiger partial charge in [0.25, 0.3) is 11.8 Å². The number of ether oxygens (including phenoxy) is 2. The molecule has 1 saturated heterocycles. The third-order valence-corrected chi connectivity index (χ3v) is 6.89. The Morgan fingerprint density at radius 1 is 1.30 bits per heavy atom. The number of para-hydroxylation sites is 1. The highest BCUT2D eigenvalue weighted by molar-refractivity contribution is 9.10. The molecule has 33 heavy (non-hydrogen) atoms. The molecule has 1 N–H and O–H groups in total. The third-order valence-electron chi connectivity index (χ3n) is 4.93. The van der Waals surface area contributed by atoms with Crippen LogP contribution in [0.4, 0.5) is 5.69 Å². The number of amides is 2. The Kier molecular flexibility index (Phi) is 8.94. The highest BCUT2D eigenvalue weighted by Gasteiger charge is 2.31. The van der Waals surface area contributed by atoms with Gasteiger partial charge in [-0.3, -0.25) is 14.5 Å². The van der Waals surface area contributed by atoms with E-state index in [0.717, 1.165) is 29.7 Å². The second kappa shape index (κ2) is 11.7. The van der Waals surface area contributed by atoms with Crippen LogP contribution >= 0.6 is 39.9 Å². The molecule has 174 valence electrons. The summed E-state index contributed by atoms with van der Waals surface area (Å²) in [6, 6.07) is 11.1. The number of methoxy groups -OCH3 is 1. The lowest BCUT2D eigenvalue weighted by Crippen LogP contribution is -2.28. The zero-order chi connectivity index (χ0) is 24.0. The summed E-state index contributed by atoms with van der Waals surface area (Å²) in [6.45, 7) is 4.45. The minimum atomic E-state index is -0.280. The molecular weight excluding hydrogens is 524 g/mol. The van der Waals surface area contributed by atoms with E-state index < -0.39 is 0 Å². The first kappa shape index (κ1) is 25.3. The van der Waals surface area contributed by atoms with Crippen molar-refractivity contribution in [2.45, 2.75) is 26.7 Å². The molecule has 0 aliphatic carbocycles. The van der Waals surface area contributed by atoms with Crippen molar-refractivity contribution in [3.8, 4) is 11.5 Å². The SMILES string of the molecule is CCCCN1C(=O)/C(=C/c2cc(Br)c(OCC(=O)Nc3ccccc3C)c(OC)c2)SC1=S. The molecule has 1 aliphatic heterocycles. The lowest BCUT2D eigenvalue weighted by atomic mass is 10.1. The van der Waals surface area contributed by atoms with Crippen molar-refractivity contribution in [2.75, 3.05) is 25.6 Å². The summed E-state index contributed by atoms with van der Waals surface area (Å²) in [5, 5.41) is 2.84. The number of thiocarbonyl (C=S) groups is 1. The van der Waals surface area contributed by atoms with E-state index >= 15 is 0 Å². The number of nitrogens with zero attached hydrogens (tertiary/aromatic N) is 1. The van der Waals surface area contributed by atoms with E-state index in [1.165, 1.54) is 18.9 Å². The Labute approximate surface area is 211 Å². The monoisotopic (exact) mass is 548 g/mol. The molecule has 9 heteroatoms. The van der Waals surface area contributed by atoms with Gasteiger partial charge >= 0.3 is 0 Å². The minimum absolute atomic E-state index is 0.0817. The van der Waals surface area contributed by atoms with E-state index in [4.69, 9.17) is 21.7 Å². The van der Waals surface area contributed by atoms with Crippen LogP contribution in [0.25, 0.3) is 6.08 Å². The number of nitrogens with one attached hydrogen (secondary N) is 1. The lowest BCUT2D eigenvalue weighted by molar-refractivity contribution is -0.122. The predicted octanol–water partition coefficient (Wildman–Crippen LogP) is 5.78. The molecule has 2 amide bonds. The number of hydrogen-bond acceptors (Lipinski definition) is 6. The molecule has 0 spiro atoms. The molecule has 6 nitrogen and oxygen atoms in total. The van der Waals surface area contributed by atoms with Crippen molar-refractivity contribution in [2.24, 2.45) is 0 Å². The number of rotatable bonds is 9. The maximum absolute atomic E-state index is 12.7. The smallest absolute Gasteiger partial charge is 0.266 e. The standard InChI is InChI=1S/C24H25BrN2O4S2/c1-4-5-10-27-23(29)20(33-24(27)32)13-16-11-17(25)22(19(12-16)30-3)31-14-21(28)26-18-9-7-6-8-15(18)2/h6-9,11-13H,4-5,10,14H2,1-3H3,(H,26,28)/b20-13-. The Morgan fingerprint density at radius 2 is 2.06 bits per heavy atom. The van der Waals surface area contributed by atoms with Gasteiger partial charge in [0.2, 0.25) is 0 Å². The molecule has 1 aliphatic rings. The summed E-state index contributed by atoms with van der Waals surface area (Å²) in [4.78, 5) is 27.3. The van der Waals surface area contributed by atoms with Crippen LogP contribution in [-0.4, -0.2) is 41.3 Å². The van der Waals surface area contributed by atoms with E-state index in [1.54, 1.807) is 17.0 Å². The van der Waals surface area contributed by atoms with Crippen molar-refractivity contribution >= 4 is 67.8 Å². The summed E-state index contributed by atoms with van der Waals surface area (Å²) in [7, 11) is 1.52. The van der Waals surface area contributed by atoms with Crippen molar-refractivity contribution in [1.29, 1.82) is 0 Å². The van der Waals surface area contributed by atoms with Crippen LogP contribution in [0.3, 0.4) is 0 Å². The molecule has 0 bridgehead atoms. The van der Waals surface area contributed by atoms with Gasteiger partial charge in [-0.25, -0.2) is 0 Å². The molecule has 1 heterocycles. The van der Waals surface area contributed by atoms with Crippen LogP contribution in [0.1, 0.15) is 30.9 Å². The predicted molar refractivity (Wildman–Crippen MR) is 141 cm³/mol. The molecule has 3 rings (SSSR count). The molecule has 0 unspecified atom stereocenters. The highest BCUT2D eigenvalue weighted by atomic mass is 79.9. The Hall–Kier alpha value is -2.36. The second-order valence-electron chi connectivity index (χ2n) is 7.37. The molecule has 0 radical (unpaired) electrons. The lowest BCUT2D eigenvalue weighted by Gasteiger charge is -2.14. The van der Waals surface area contributed by atoms with Crippen LogP contribution in [0.5, 0.6) is 11.5 Å². The number of halogens is 1. The van der Waals surface area contributed by atoms with Crippen LogP contribution in [-0.2, 0) is 9.59 Å². The average Bonchev–Trinajstić information content (AvgIpc) is 3.05. The van der Waals surface area contributed by atoms with E-state index in [9.17, 15) is 9.59 Å². The fourth-order valence-electron chi connectivity index (χ4n) is 3.16. The van der Waals surface area contributed by atoms with Gasteiger partial charge in [0.05, 0.1) is 16.5 Å². The fourth-order valence-corrected chi connectivity index (χ4v) is 5.04. The van der Waals surface area contributed by atoms with Gasteiger partial charge in [0.15, 0.2) is 18.1 Å². The fraction of sp³-hybridized carbons (Fsp3) is 0.292. The number of hydrogen-bond donors (Lipinski definition) is 1. The van der Waals surface area contributed by atoms with E-state index in [1.807, 2.05) is 37.3 Å². The summed E-state index contributed by atoms with van der Waals surface area (Å²) < 4.78 is 12.4. The zero-order valence-corrected chi connectivity index (χ0v) is 21.9. The van der Waals surface area contributed by atoms with Gasteiger partial charge in [0, 0.05) is 12.2 Å². The van der Waals surface area contributed by atoms with Gasteiger partial charge in [0.1, 0.15) is 4.32 Å². The first-order valence-electron chi connectivity index (χ1n) is 10.4. The molecule has 0 saturated carbocycles. The minimum Gasteiger partial charge on any atom is -0.493 e. The van der Waals surface area contributed by atoms with Crippen molar-refractivity contribution < 1.29 is 19.1 Å². The Morgan fingerprint density at radius 3 is 2.76 bits per heavy atom.